The first-order valence-corrected chi connectivity index (χ1v) is 4.54. The van der Waals surface area contributed by atoms with E-state index in [-0.39, 0.29) is 0 Å². The normalized spacial score (nSPS) is 10.2. The van der Waals surface area contributed by atoms with Gasteiger partial charge in [-0.3, -0.25) is 4.79 Å². The monoisotopic (exact) mass is 290 g/mol. The summed E-state index contributed by atoms with van der Waals surface area (Å²) in [6.07, 6.45) is 0.804. The minimum Gasteiger partial charge on any atom is -0.411 e. The molecule has 0 aliphatic heterocycles. The number of anilines is 1. The fourth-order valence-electron chi connectivity index (χ4n) is 0.760. The molecule has 0 radical (unpaired) electrons. The molecule has 13 heavy (non-hydrogen) atoms. The molecule has 0 heterocycles. The van der Waals surface area contributed by atoms with Crippen LogP contribution in [-0.4, -0.2) is 17.3 Å². The average Bonchev–Trinajstić information content (AvgIpc) is 2.09. The van der Waals surface area contributed by atoms with E-state index in [1.165, 1.54) is 0 Å². The number of nitrogens with zero attached hydrogens (tertiary/aromatic N) is 1. The number of oxime groups is 1. The highest BCUT2D eigenvalue weighted by Crippen LogP contribution is 2.10. The van der Waals surface area contributed by atoms with E-state index in [2.05, 4.69) is 33.1 Å². The van der Waals surface area contributed by atoms with E-state index >= 15 is 0 Å². The zero-order valence-electron chi connectivity index (χ0n) is 6.57. The number of carbonyl (C=O) groups is 1. The third-order valence-electron chi connectivity index (χ3n) is 1.29. The molecule has 0 saturated carbocycles. The van der Waals surface area contributed by atoms with Gasteiger partial charge >= 0.3 is 0 Å². The van der Waals surface area contributed by atoms with Gasteiger partial charge in [0.15, 0.2) is 0 Å². The molecule has 0 spiro atoms. The van der Waals surface area contributed by atoms with Crippen molar-refractivity contribution in [2.45, 2.75) is 0 Å². The van der Waals surface area contributed by atoms with Crippen LogP contribution in [0.1, 0.15) is 0 Å². The van der Waals surface area contributed by atoms with Gasteiger partial charge in [0.2, 0.25) is 0 Å². The largest absolute Gasteiger partial charge is 0.411 e. The van der Waals surface area contributed by atoms with Crippen molar-refractivity contribution in [3.8, 4) is 0 Å². The maximum Gasteiger partial charge on any atom is 0.270 e. The van der Waals surface area contributed by atoms with E-state index in [0.717, 1.165) is 9.78 Å². The smallest absolute Gasteiger partial charge is 0.270 e. The van der Waals surface area contributed by atoms with Gasteiger partial charge in [-0.2, -0.15) is 0 Å². The summed E-state index contributed by atoms with van der Waals surface area (Å²) in [5.74, 6) is -0.455. The maximum atomic E-state index is 10.9. The van der Waals surface area contributed by atoms with E-state index in [4.69, 9.17) is 5.21 Å². The molecule has 0 bridgehead atoms. The van der Waals surface area contributed by atoms with Gasteiger partial charge in [-0.1, -0.05) is 5.16 Å². The number of rotatable bonds is 2. The van der Waals surface area contributed by atoms with Crippen LogP contribution in [0.5, 0.6) is 0 Å². The van der Waals surface area contributed by atoms with Gasteiger partial charge in [0.25, 0.3) is 5.91 Å². The Labute approximate surface area is 88.8 Å². The molecule has 0 aliphatic rings. The van der Waals surface area contributed by atoms with Crippen LogP contribution in [0.15, 0.2) is 29.4 Å². The van der Waals surface area contributed by atoms with Gasteiger partial charge in [-0.15, -0.1) is 0 Å². The van der Waals surface area contributed by atoms with Crippen LogP contribution in [0.3, 0.4) is 0 Å². The average molecular weight is 290 g/mol. The topological polar surface area (TPSA) is 61.7 Å². The van der Waals surface area contributed by atoms with Gasteiger partial charge in [0.1, 0.15) is 6.21 Å². The van der Waals surface area contributed by atoms with Gasteiger partial charge in [0, 0.05) is 9.26 Å². The highest BCUT2D eigenvalue weighted by atomic mass is 127. The molecule has 1 aromatic carbocycles. The van der Waals surface area contributed by atoms with Crippen molar-refractivity contribution in [3.63, 3.8) is 0 Å². The standard InChI is InChI=1S/C8H7IN2O2/c9-6-1-3-7(4-2-6)11-8(12)5-10-13/h1-5,13H,(H,11,12)/b10-5+. The molecule has 4 nitrogen and oxygen atoms in total. The third kappa shape index (κ3) is 3.41. The molecule has 0 aromatic heterocycles. The van der Waals surface area contributed by atoms with Crippen LogP contribution >= 0.6 is 22.6 Å². The number of hydrogen-bond donors (Lipinski definition) is 2. The highest BCUT2D eigenvalue weighted by molar-refractivity contribution is 14.1. The van der Waals surface area contributed by atoms with Crippen molar-refractivity contribution in [3.05, 3.63) is 27.8 Å². The Morgan fingerprint density at radius 2 is 2.08 bits per heavy atom. The van der Waals surface area contributed by atoms with E-state index in [0.29, 0.717) is 5.69 Å². The number of benzene rings is 1. The Hall–Kier alpha value is -1.11. The lowest BCUT2D eigenvalue weighted by atomic mass is 10.3. The molecule has 0 saturated heterocycles. The molecule has 0 fully saturated rings. The summed E-state index contributed by atoms with van der Waals surface area (Å²) in [6, 6.07) is 7.27. The number of amides is 1. The molecule has 2 N–H and O–H groups in total. The first-order chi connectivity index (χ1) is 6.22. The zero-order valence-corrected chi connectivity index (χ0v) is 8.72. The van der Waals surface area contributed by atoms with Crippen LogP contribution < -0.4 is 5.32 Å². The fraction of sp³-hybridized carbons (Fsp3) is 0. The van der Waals surface area contributed by atoms with Crippen molar-refractivity contribution in [2.24, 2.45) is 5.16 Å². The van der Waals surface area contributed by atoms with Crippen LogP contribution in [-0.2, 0) is 4.79 Å². The Kier molecular flexibility index (Phi) is 3.69. The van der Waals surface area contributed by atoms with E-state index in [9.17, 15) is 4.79 Å². The molecule has 0 aliphatic carbocycles. The summed E-state index contributed by atoms with van der Waals surface area (Å²) < 4.78 is 1.09. The van der Waals surface area contributed by atoms with Crippen molar-refractivity contribution in [1.82, 2.24) is 0 Å². The SMILES string of the molecule is O=C(/C=N/O)Nc1ccc(I)cc1. The van der Waals surface area contributed by atoms with Crippen molar-refractivity contribution >= 4 is 40.4 Å². The summed E-state index contributed by atoms with van der Waals surface area (Å²) in [6.45, 7) is 0. The number of carbonyl (C=O) groups excluding carboxylic acids is 1. The number of hydrogen-bond acceptors (Lipinski definition) is 3. The maximum absolute atomic E-state index is 10.9. The summed E-state index contributed by atoms with van der Waals surface area (Å²) >= 11 is 2.17. The lowest BCUT2D eigenvalue weighted by Crippen LogP contribution is -2.12. The van der Waals surface area contributed by atoms with Crippen LogP contribution in [0.2, 0.25) is 0 Å². The Balaban J connectivity index is 2.64. The molecule has 1 rings (SSSR count). The van der Waals surface area contributed by atoms with Crippen LogP contribution in [0.4, 0.5) is 5.69 Å². The van der Waals surface area contributed by atoms with E-state index in [1.54, 1.807) is 12.1 Å². The Bertz CT molecular complexity index is 321. The second-order valence-corrected chi connectivity index (χ2v) is 3.49. The predicted molar refractivity (Wildman–Crippen MR) is 58.1 cm³/mol. The molecule has 0 unspecified atom stereocenters. The van der Waals surface area contributed by atoms with Gasteiger partial charge in [-0.25, -0.2) is 0 Å². The second-order valence-electron chi connectivity index (χ2n) is 2.24. The van der Waals surface area contributed by atoms with Gasteiger partial charge in [-0.05, 0) is 46.9 Å². The summed E-state index contributed by atoms with van der Waals surface area (Å²) in [5.41, 5.74) is 0.672. The highest BCUT2D eigenvalue weighted by Gasteiger charge is 1.97. The molecule has 0 atom stereocenters. The van der Waals surface area contributed by atoms with Gasteiger partial charge in [0.05, 0.1) is 0 Å². The first-order valence-electron chi connectivity index (χ1n) is 3.46. The molecule has 1 aromatic rings. The van der Waals surface area contributed by atoms with E-state index < -0.39 is 5.91 Å². The Morgan fingerprint density at radius 1 is 1.46 bits per heavy atom. The number of nitrogens with one attached hydrogen (secondary N) is 1. The zero-order chi connectivity index (χ0) is 9.68. The second kappa shape index (κ2) is 4.80. The minimum absolute atomic E-state index is 0.455. The molecule has 5 heteroatoms. The summed E-state index contributed by atoms with van der Waals surface area (Å²) in [4.78, 5) is 10.9. The van der Waals surface area contributed by atoms with Crippen molar-refractivity contribution in [1.29, 1.82) is 0 Å². The van der Waals surface area contributed by atoms with Crippen LogP contribution in [0.25, 0.3) is 0 Å². The summed E-state index contributed by atoms with van der Waals surface area (Å²) in [5, 5.41) is 13.2. The Morgan fingerprint density at radius 3 is 2.62 bits per heavy atom. The van der Waals surface area contributed by atoms with E-state index in [1.807, 2.05) is 12.1 Å². The molecular formula is C8H7IN2O2. The molecule has 1 amide bonds. The first kappa shape index (κ1) is 9.97. The lowest BCUT2D eigenvalue weighted by molar-refractivity contribution is -0.110. The van der Waals surface area contributed by atoms with Gasteiger partial charge < -0.3 is 10.5 Å². The van der Waals surface area contributed by atoms with Crippen molar-refractivity contribution < 1.29 is 10.0 Å². The molecule has 68 valence electrons. The quantitative estimate of drug-likeness (QED) is 0.377. The summed E-state index contributed by atoms with van der Waals surface area (Å²) in [7, 11) is 0. The minimum atomic E-state index is -0.455. The van der Waals surface area contributed by atoms with Crippen LogP contribution in [0, 0.1) is 3.57 Å². The fourth-order valence-corrected chi connectivity index (χ4v) is 1.12. The van der Waals surface area contributed by atoms with Crippen molar-refractivity contribution in [2.75, 3.05) is 5.32 Å². The third-order valence-corrected chi connectivity index (χ3v) is 2.01. The predicted octanol–water partition coefficient (Wildman–Crippen LogP) is 1.69. The number of halogens is 1. The lowest BCUT2D eigenvalue weighted by Gasteiger charge is -2.00. The molecular weight excluding hydrogens is 283 g/mol.